The Labute approximate surface area is 189 Å². The number of hydrogen-bond donors (Lipinski definition) is 0. The molecule has 1 aliphatic rings. The molecular weight excluding hydrogens is 466 g/mol. The lowest BCUT2D eigenvalue weighted by molar-refractivity contribution is 0.143. The van der Waals surface area contributed by atoms with Gasteiger partial charge in [-0.05, 0) is 69.7 Å². The molecule has 0 saturated heterocycles. The molecule has 3 aromatic carbocycles. The zero-order valence-electron chi connectivity index (χ0n) is 16.5. The highest BCUT2D eigenvalue weighted by atomic mass is 79.9. The van der Waals surface area contributed by atoms with Crippen molar-refractivity contribution in [1.29, 1.82) is 0 Å². The number of hydrogen-bond acceptors (Lipinski definition) is 3. The largest absolute Gasteiger partial charge is 0.497 e. The third-order valence-electron chi connectivity index (χ3n) is 5.23. The van der Waals surface area contributed by atoms with E-state index in [4.69, 9.17) is 21.1 Å². The number of aryl methyl sites for hydroxylation is 1. The van der Waals surface area contributed by atoms with E-state index in [1.165, 1.54) is 0 Å². The van der Waals surface area contributed by atoms with Gasteiger partial charge < -0.3 is 9.47 Å². The van der Waals surface area contributed by atoms with Gasteiger partial charge in [0.25, 0.3) is 0 Å². The molecule has 154 valence electrons. The first-order chi connectivity index (χ1) is 14.6. The van der Waals surface area contributed by atoms with Crippen LogP contribution in [0.3, 0.4) is 0 Å². The second-order valence-electron chi connectivity index (χ2n) is 7.14. The molecule has 1 heterocycles. The zero-order chi connectivity index (χ0) is 21.1. The van der Waals surface area contributed by atoms with Gasteiger partial charge in [0.1, 0.15) is 12.4 Å². The van der Waals surface area contributed by atoms with Crippen LogP contribution in [0.25, 0.3) is 0 Å². The van der Waals surface area contributed by atoms with Crippen molar-refractivity contribution in [1.82, 2.24) is 0 Å². The van der Waals surface area contributed by atoms with E-state index in [-0.39, 0.29) is 12.6 Å². The maximum absolute atomic E-state index is 13.3. The van der Waals surface area contributed by atoms with Crippen molar-refractivity contribution in [3.8, 4) is 5.75 Å². The van der Waals surface area contributed by atoms with Gasteiger partial charge in [-0.25, -0.2) is 4.79 Å². The SMILES string of the molecule is COc1cccc(C2CCc3cc(Cl)cc(Br)c3N2C(=O)OCc2ccccc2)c1. The summed E-state index contributed by atoms with van der Waals surface area (Å²) in [5, 5.41) is 0.637. The Balaban J connectivity index is 1.71. The molecule has 0 saturated carbocycles. The van der Waals surface area contributed by atoms with Crippen LogP contribution in [0.2, 0.25) is 5.02 Å². The molecule has 0 N–H and O–H groups in total. The van der Waals surface area contributed by atoms with Crippen LogP contribution >= 0.6 is 27.5 Å². The van der Waals surface area contributed by atoms with Crippen molar-refractivity contribution >= 4 is 39.3 Å². The zero-order valence-corrected chi connectivity index (χ0v) is 18.8. The molecular formula is C24H21BrClNO3. The highest BCUT2D eigenvalue weighted by Crippen LogP contribution is 2.44. The molecule has 30 heavy (non-hydrogen) atoms. The minimum absolute atomic E-state index is 0.173. The first kappa shape index (κ1) is 20.8. The standard InChI is InChI=1S/C24H21BrClNO3/c1-29-20-9-5-8-17(13-20)22-11-10-18-12-19(26)14-21(25)23(18)27(22)24(28)30-15-16-6-3-2-4-7-16/h2-9,12-14,22H,10-11,15H2,1H3. The van der Waals surface area contributed by atoms with E-state index in [9.17, 15) is 4.79 Å². The summed E-state index contributed by atoms with van der Waals surface area (Å²) in [7, 11) is 1.64. The number of nitrogens with zero attached hydrogens (tertiary/aromatic N) is 1. The molecule has 0 spiro atoms. The molecule has 1 atom stereocenters. The van der Waals surface area contributed by atoms with Gasteiger partial charge in [-0.3, -0.25) is 4.90 Å². The third-order valence-corrected chi connectivity index (χ3v) is 6.05. The normalized spacial score (nSPS) is 15.4. The summed E-state index contributed by atoms with van der Waals surface area (Å²) in [5.74, 6) is 0.756. The van der Waals surface area contributed by atoms with E-state index in [2.05, 4.69) is 15.9 Å². The number of anilines is 1. The van der Waals surface area contributed by atoms with Gasteiger partial charge in [0.15, 0.2) is 0 Å². The van der Waals surface area contributed by atoms with E-state index in [0.29, 0.717) is 5.02 Å². The van der Waals surface area contributed by atoms with E-state index in [0.717, 1.165) is 45.4 Å². The fraction of sp³-hybridized carbons (Fsp3) is 0.208. The Morgan fingerprint density at radius 2 is 1.93 bits per heavy atom. The smallest absolute Gasteiger partial charge is 0.415 e. The summed E-state index contributed by atoms with van der Waals surface area (Å²) in [6.45, 7) is 0.210. The first-order valence-electron chi connectivity index (χ1n) is 9.68. The van der Waals surface area contributed by atoms with Gasteiger partial charge in [0, 0.05) is 9.50 Å². The molecule has 0 radical (unpaired) electrons. The first-order valence-corrected chi connectivity index (χ1v) is 10.9. The molecule has 0 aromatic heterocycles. The number of amides is 1. The van der Waals surface area contributed by atoms with Crippen molar-refractivity contribution in [2.75, 3.05) is 12.0 Å². The molecule has 0 fully saturated rings. The lowest BCUT2D eigenvalue weighted by Crippen LogP contribution is -2.39. The summed E-state index contributed by atoms with van der Waals surface area (Å²) >= 11 is 9.87. The van der Waals surface area contributed by atoms with E-state index in [1.54, 1.807) is 12.0 Å². The maximum atomic E-state index is 13.3. The molecule has 4 rings (SSSR count). The summed E-state index contributed by atoms with van der Waals surface area (Å²) in [6.07, 6.45) is 1.17. The highest BCUT2D eigenvalue weighted by molar-refractivity contribution is 9.10. The van der Waals surface area contributed by atoms with Crippen LogP contribution in [0.4, 0.5) is 10.5 Å². The van der Waals surface area contributed by atoms with Gasteiger partial charge in [-0.2, -0.15) is 0 Å². The average Bonchev–Trinajstić information content (AvgIpc) is 2.77. The van der Waals surface area contributed by atoms with E-state index in [1.807, 2.05) is 66.7 Å². The second kappa shape index (κ2) is 9.11. The lowest BCUT2D eigenvalue weighted by Gasteiger charge is -2.37. The molecule has 1 aliphatic heterocycles. The molecule has 6 heteroatoms. The Bertz CT molecular complexity index is 1060. The number of carbonyl (C=O) groups excluding carboxylic acids is 1. The number of rotatable bonds is 4. The van der Waals surface area contributed by atoms with Crippen molar-refractivity contribution < 1.29 is 14.3 Å². The topological polar surface area (TPSA) is 38.8 Å². The molecule has 0 bridgehead atoms. The Kier molecular flexibility index (Phi) is 6.30. The summed E-state index contributed by atoms with van der Waals surface area (Å²) in [5.41, 5.74) is 3.76. The van der Waals surface area contributed by atoms with Crippen LogP contribution < -0.4 is 9.64 Å². The molecule has 4 nitrogen and oxygen atoms in total. The minimum atomic E-state index is -0.393. The minimum Gasteiger partial charge on any atom is -0.497 e. The van der Waals surface area contributed by atoms with Crippen molar-refractivity contribution in [2.24, 2.45) is 0 Å². The quantitative estimate of drug-likeness (QED) is 0.401. The monoisotopic (exact) mass is 485 g/mol. The second-order valence-corrected chi connectivity index (χ2v) is 8.43. The predicted octanol–water partition coefficient (Wildman–Crippen LogP) is 6.94. The van der Waals surface area contributed by atoms with Crippen molar-refractivity contribution in [3.63, 3.8) is 0 Å². The van der Waals surface area contributed by atoms with E-state index >= 15 is 0 Å². The van der Waals surface area contributed by atoms with Crippen LogP contribution in [-0.4, -0.2) is 13.2 Å². The highest BCUT2D eigenvalue weighted by Gasteiger charge is 2.35. The Hall–Kier alpha value is -2.50. The lowest BCUT2D eigenvalue weighted by atomic mass is 9.91. The van der Waals surface area contributed by atoms with Gasteiger partial charge in [0.05, 0.1) is 18.8 Å². The van der Waals surface area contributed by atoms with Gasteiger partial charge >= 0.3 is 6.09 Å². The number of methoxy groups -OCH3 is 1. The third kappa shape index (κ3) is 4.32. The summed E-state index contributed by atoms with van der Waals surface area (Å²) in [6, 6.07) is 21.0. The van der Waals surface area contributed by atoms with Crippen LogP contribution in [0.15, 0.2) is 71.2 Å². The van der Waals surface area contributed by atoms with Gasteiger partial charge in [-0.1, -0.05) is 54.1 Å². The van der Waals surface area contributed by atoms with E-state index < -0.39 is 6.09 Å². The van der Waals surface area contributed by atoms with Crippen LogP contribution in [-0.2, 0) is 17.8 Å². The van der Waals surface area contributed by atoms with Crippen LogP contribution in [0, 0.1) is 0 Å². The van der Waals surface area contributed by atoms with Crippen LogP contribution in [0.1, 0.15) is 29.2 Å². The predicted molar refractivity (Wildman–Crippen MR) is 122 cm³/mol. The number of fused-ring (bicyclic) bond motifs is 1. The number of ether oxygens (including phenoxy) is 2. The Morgan fingerprint density at radius 3 is 2.70 bits per heavy atom. The number of benzene rings is 3. The fourth-order valence-electron chi connectivity index (χ4n) is 3.83. The molecule has 1 amide bonds. The Morgan fingerprint density at radius 1 is 1.13 bits per heavy atom. The van der Waals surface area contributed by atoms with Crippen LogP contribution in [0.5, 0.6) is 5.75 Å². The van der Waals surface area contributed by atoms with Crippen molar-refractivity contribution in [3.05, 3.63) is 92.9 Å². The molecule has 3 aromatic rings. The van der Waals surface area contributed by atoms with Gasteiger partial charge in [-0.15, -0.1) is 0 Å². The fourth-order valence-corrected chi connectivity index (χ4v) is 4.89. The van der Waals surface area contributed by atoms with Crippen molar-refractivity contribution in [2.45, 2.75) is 25.5 Å². The summed E-state index contributed by atoms with van der Waals surface area (Å²) < 4.78 is 11.9. The number of carbonyl (C=O) groups is 1. The number of halogens is 2. The molecule has 1 unspecified atom stereocenters. The summed E-state index contributed by atoms with van der Waals surface area (Å²) in [4.78, 5) is 15.1. The van der Waals surface area contributed by atoms with Gasteiger partial charge in [0.2, 0.25) is 0 Å². The molecule has 0 aliphatic carbocycles. The average molecular weight is 487 g/mol. The maximum Gasteiger partial charge on any atom is 0.415 e.